The Labute approximate surface area is 172 Å². The summed E-state index contributed by atoms with van der Waals surface area (Å²) >= 11 is 0. The van der Waals surface area contributed by atoms with Crippen LogP contribution in [0.2, 0.25) is 0 Å². The highest BCUT2D eigenvalue weighted by Gasteiger charge is 2.29. The molecule has 2 aromatic carbocycles. The molecule has 0 radical (unpaired) electrons. The molecule has 3 nitrogen and oxygen atoms in total. The van der Waals surface area contributed by atoms with Crippen LogP contribution in [0.25, 0.3) is 22.0 Å². The molecular weight excluding hydrogens is 387 g/mol. The summed E-state index contributed by atoms with van der Waals surface area (Å²) in [6, 6.07) is 13.3. The summed E-state index contributed by atoms with van der Waals surface area (Å²) in [4.78, 5) is 0. The van der Waals surface area contributed by atoms with Gasteiger partial charge in [0.05, 0.1) is 24.1 Å². The van der Waals surface area contributed by atoms with Crippen molar-refractivity contribution in [3.63, 3.8) is 0 Å². The molecule has 0 aliphatic heterocycles. The van der Waals surface area contributed by atoms with E-state index in [1.807, 2.05) is 49.5 Å². The zero-order valence-electron chi connectivity index (χ0n) is 16.4. The van der Waals surface area contributed by atoms with Crippen LogP contribution in [0.15, 0.2) is 66.4 Å². The topological polar surface area (TPSA) is 54.7 Å². The Hall–Kier alpha value is -3.46. The van der Waals surface area contributed by atoms with Crippen molar-refractivity contribution in [1.29, 1.82) is 5.26 Å². The molecule has 0 saturated carbocycles. The maximum absolute atomic E-state index is 12.7. The monoisotopic (exact) mass is 407 g/mol. The van der Waals surface area contributed by atoms with Crippen LogP contribution < -0.4 is 5.73 Å². The first-order chi connectivity index (χ1) is 14.3. The summed E-state index contributed by atoms with van der Waals surface area (Å²) in [6.45, 7) is 1.95. The number of hydrogen-bond donors (Lipinski definition) is 1. The van der Waals surface area contributed by atoms with Gasteiger partial charge in [-0.1, -0.05) is 30.4 Å². The number of nitrogen functional groups attached to an aromatic ring is 1. The van der Waals surface area contributed by atoms with Crippen LogP contribution in [0.4, 0.5) is 18.9 Å². The predicted octanol–water partition coefficient (Wildman–Crippen LogP) is 6.45. The lowest BCUT2D eigenvalue weighted by Crippen LogP contribution is -2.11. The van der Waals surface area contributed by atoms with Gasteiger partial charge in [-0.05, 0) is 54.3 Å². The normalized spacial score (nSPS) is 16.5. The quantitative estimate of drug-likeness (QED) is 0.507. The molecule has 2 N–H and O–H groups in total. The maximum atomic E-state index is 12.7. The molecular formula is C24H20F3N3. The summed E-state index contributed by atoms with van der Waals surface area (Å²) in [5.74, 6) is 0. The summed E-state index contributed by atoms with van der Waals surface area (Å²) in [5.41, 5.74) is 11.4. The fourth-order valence-corrected chi connectivity index (χ4v) is 3.98. The second-order valence-electron chi connectivity index (χ2n) is 7.55. The van der Waals surface area contributed by atoms with Crippen molar-refractivity contribution >= 4 is 16.6 Å². The van der Waals surface area contributed by atoms with Crippen molar-refractivity contribution in [2.75, 3.05) is 5.73 Å². The van der Waals surface area contributed by atoms with Crippen LogP contribution >= 0.6 is 0 Å². The number of rotatable bonds is 3. The van der Waals surface area contributed by atoms with E-state index in [2.05, 4.69) is 10.6 Å². The largest absolute Gasteiger partial charge is 0.398 e. The second-order valence-corrected chi connectivity index (χ2v) is 7.55. The van der Waals surface area contributed by atoms with E-state index in [0.717, 1.165) is 27.6 Å². The van der Waals surface area contributed by atoms with Gasteiger partial charge in [-0.15, -0.1) is 0 Å². The maximum Gasteiger partial charge on any atom is 0.393 e. The summed E-state index contributed by atoms with van der Waals surface area (Å²) in [6.07, 6.45) is 2.37. The minimum atomic E-state index is -4.21. The predicted molar refractivity (Wildman–Crippen MR) is 113 cm³/mol. The number of fused-ring (bicyclic) bond motifs is 1. The highest BCUT2D eigenvalue weighted by molar-refractivity contribution is 5.98. The highest BCUT2D eigenvalue weighted by Crippen LogP contribution is 2.38. The molecule has 0 spiro atoms. The number of nitrogens with zero attached hydrogens (tertiary/aromatic N) is 2. The van der Waals surface area contributed by atoms with E-state index in [9.17, 15) is 18.4 Å². The minimum absolute atomic E-state index is 0.104. The van der Waals surface area contributed by atoms with Crippen LogP contribution in [0, 0.1) is 18.3 Å². The van der Waals surface area contributed by atoms with Crippen molar-refractivity contribution in [3.05, 3.63) is 77.5 Å². The lowest BCUT2D eigenvalue weighted by Gasteiger charge is -2.20. The molecule has 1 aliphatic rings. The number of allylic oxidation sites excluding steroid dienone is 4. The molecule has 3 aromatic rings. The van der Waals surface area contributed by atoms with Crippen LogP contribution in [-0.4, -0.2) is 10.7 Å². The van der Waals surface area contributed by atoms with Gasteiger partial charge in [-0.3, -0.25) is 0 Å². The van der Waals surface area contributed by atoms with Gasteiger partial charge in [0.15, 0.2) is 0 Å². The fourth-order valence-electron chi connectivity index (χ4n) is 3.98. The Morgan fingerprint density at radius 3 is 2.67 bits per heavy atom. The van der Waals surface area contributed by atoms with Crippen LogP contribution in [0.3, 0.4) is 0 Å². The number of benzene rings is 2. The minimum Gasteiger partial charge on any atom is -0.398 e. The van der Waals surface area contributed by atoms with Gasteiger partial charge < -0.3 is 10.3 Å². The van der Waals surface area contributed by atoms with Crippen molar-refractivity contribution in [1.82, 2.24) is 4.57 Å². The van der Waals surface area contributed by atoms with Crippen molar-refractivity contribution < 1.29 is 13.2 Å². The van der Waals surface area contributed by atoms with Gasteiger partial charge in [0.2, 0.25) is 0 Å². The average Bonchev–Trinajstić information content (AvgIpc) is 3.08. The van der Waals surface area contributed by atoms with Crippen LogP contribution in [0.1, 0.15) is 30.0 Å². The third kappa shape index (κ3) is 3.71. The van der Waals surface area contributed by atoms with Crippen molar-refractivity contribution in [2.45, 2.75) is 32.0 Å². The molecule has 4 rings (SSSR count). The third-order valence-corrected chi connectivity index (χ3v) is 5.54. The zero-order chi connectivity index (χ0) is 21.5. The fraction of sp³-hybridized carbons (Fsp3) is 0.208. The molecule has 6 heteroatoms. The number of halogens is 3. The molecule has 152 valence electrons. The lowest BCUT2D eigenvalue weighted by molar-refractivity contribution is -0.126. The molecule has 1 atom stereocenters. The van der Waals surface area contributed by atoms with Gasteiger partial charge in [-0.2, -0.15) is 18.4 Å². The zero-order valence-corrected chi connectivity index (χ0v) is 16.4. The molecule has 0 fully saturated rings. The molecule has 30 heavy (non-hydrogen) atoms. The molecule has 1 unspecified atom stereocenters. The lowest BCUT2D eigenvalue weighted by atomic mass is 9.98. The van der Waals surface area contributed by atoms with E-state index in [1.54, 1.807) is 18.2 Å². The smallest absolute Gasteiger partial charge is 0.393 e. The SMILES string of the molecule is Cc1c(N)cccc1-c1cn(C2C=CC(CC(F)(F)F)=CC2)c2ccc(C#N)cc12. The van der Waals surface area contributed by atoms with Crippen LogP contribution in [-0.2, 0) is 0 Å². The summed E-state index contributed by atoms with van der Waals surface area (Å²) in [7, 11) is 0. The van der Waals surface area contributed by atoms with E-state index < -0.39 is 12.6 Å². The average molecular weight is 407 g/mol. The first-order valence-corrected chi connectivity index (χ1v) is 9.61. The van der Waals surface area contributed by atoms with Gasteiger partial charge in [0.1, 0.15) is 0 Å². The molecule has 1 heterocycles. The standard InChI is InChI=1S/C24H20F3N3/c1-15-19(3-2-4-22(15)29)21-14-30(23-10-7-17(13-28)11-20(21)23)18-8-5-16(6-9-18)12-24(25,26)27/h2-8,10-11,14,18H,9,12,29H2,1H3. The first-order valence-electron chi connectivity index (χ1n) is 9.61. The Balaban J connectivity index is 1.80. The number of aromatic nitrogens is 1. The van der Waals surface area contributed by atoms with Gasteiger partial charge >= 0.3 is 6.18 Å². The molecule has 0 bridgehead atoms. The molecule has 0 amide bonds. The number of nitriles is 1. The number of hydrogen-bond acceptors (Lipinski definition) is 2. The molecule has 1 aromatic heterocycles. The Morgan fingerprint density at radius 2 is 2.00 bits per heavy atom. The number of alkyl halides is 3. The Morgan fingerprint density at radius 1 is 1.20 bits per heavy atom. The Kier molecular flexibility index (Phi) is 4.90. The van der Waals surface area contributed by atoms with E-state index >= 15 is 0 Å². The number of nitrogens with two attached hydrogens (primary N) is 1. The third-order valence-electron chi connectivity index (χ3n) is 5.54. The Bertz CT molecular complexity index is 1220. The molecule has 1 aliphatic carbocycles. The number of anilines is 1. The van der Waals surface area contributed by atoms with Crippen molar-refractivity contribution in [3.8, 4) is 17.2 Å². The highest BCUT2D eigenvalue weighted by atomic mass is 19.4. The van der Waals surface area contributed by atoms with Gasteiger partial charge in [0.25, 0.3) is 0 Å². The summed E-state index contributed by atoms with van der Waals surface area (Å²) < 4.78 is 40.1. The van der Waals surface area contributed by atoms with Crippen molar-refractivity contribution in [2.24, 2.45) is 0 Å². The van der Waals surface area contributed by atoms with E-state index in [0.29, 0.717) is 17.7 Å². The van der Waals surface area contributed by atoms with Gasteiger partial charge in [-0.25, -0.2) is 0 Å². The second kappa shape index (κ2) is 7.42. The van der Waals surface area contributed by atoms with E-state index in [1.165, 1.54) is 0 Å². The first kappa shape index (κ1) is 19.8. The van der Waals surface area contributed by atoms with Crippen LogP contribution in [0.5, 0.6) is 0 Å². The van der Waals surface area contributed by atoms with E-state index in [-0.39, 0.29) is 11.6 Å². The van der Waals surface area contributed by atoms with E-state index in [4.69, 9.17) is 5.73 Å². The summed E-state index contributed by atoms with van der Waals surface area (Å²) in [5, 5.41) is 10.3. The van der Waals surface area contributed by atoms with Gasteiger partial charge in [0, 0.05) is 28.4 Å². The molecule has 0 saturated heterocycles.